The molecule has 1 amide bonds. The average molecular weight is 327 g/mol. The molecule has 0 spiro atoms. The van der Waals surface area contributed by atoms with Crippen LogP contribution in [0.2, 0.25) is 0 Å². The molecule has 0 radical (unpaired) electrons. The molecule has 122 valence electrons. The molecule has 22 heavy (non-hydrogen) atoms. The number of nitrogens with zero attached hydrogens (tertiary/aromatic N) is 1. The topological polar surface area (TPSA) is 64.8 Å². The fourth-order valence-electron chi connectivity index (χ4n) is 2.35. The summed E-state index contributed by atoms with van der Waals surface area (Å²) < 4.78 is 10.8. The SMILES string of the molecule is C=CCOc1ccc(C(=O)N2CCC(N)CC2)cc1OC.Cl. The van der Waals surface area contributed by atoms with E-state index in [1.807, 2.05) is 4.90 Å². The molecule has 6 heteroatoms. The Bertz CT molecular complexity index is 514. The van der Waals surface area contributed by atoms with Gasteiger partial charge in [-0.2, -0.15) is 0 Å². The van der Waals surface area contributed by atoms with Crippen LogP contribution in [0.4, 0.5) is 0 Å². The summed E-state index contributed by atoms with van der Waals surface area (Å²) in [5.41, 5.74) is 6.47. The summed E-state index contributed by atoms with van der Waals surface area (Å²) in [7, 11) is 1.56. The first-order chi connectivity index (χ1) is 10.2. The Morgan fingerprint density at radius 3 is 2.68 bits per heavy atom. The Kier molecular flexibility index (Phi) is 7.21. The minimum absolute atomic E-state index is 0. The predicted octanol–water partition coefficient (Wildman–Crippen LogP) is 2.25. The molecular formula is C16H23ClN2O3. The summed E-state index contributed by atoms with van der Waals surface area (Å²) in [5.74, 6) is 1.17. The number of hydrogen-bond acceptors (Lipinski definition) is 4. The van der Waals surface area contributed by atoms with Gasteiger partial charge in [0.25, 0.3) is 5.91 Å². The van der Waals surface area contributed by atoms with Crippen LogP contribution in [0.5, 0.6) is 11.5 Å². The molecule has 0 unspecified atom stereocenters. The van der Waals surface area contributed by atoms with Gasteiger partial charge in [0.1, 0.15) is 6.61 Å². The maximum atomic E-state index is 12.5. The Morgan fingerprint density at radius 1 is 1.41 bits per heavy atom. The molecule has 1 aromatic rings. The molecule has 1 aromatic carbocycles. The van der Waals surface area contributed by atoms with E-state index in [2.05, 4.69) is 6.58 Å². The fourth-order valence-corrected chi connectivity index (χ4v) is 2.35. The van der Waals surface area contributed by atoms with Crippen molar-refractivity contribution in [3.8, 4) is 11.5 Å². The monoisotopic (exact) mass is 326 g/mol. The van der Waals surface area contributed by atoms with E-state index in [0.29, 0.717) is 36.8 Å². The van der Waals surface area contributed by atoms with Crippen LogP contribution in [0.3, 0.4) is 0 Å². The number of piperidine rings is 1. The van der Waals surface area contributed by atoms with Crippen molar-refractivity contribution in [3.63, 3.8) is 0 Å². The number of ether oxygens (including phenoxy) is 2. The highest BCUT2D eigenvalue weighted by molar-refractivity contribution is 5.95. The molecule has 0 aromatic heterocycles. The minimum atomic E-state index is 0. The molecule has 1 aliphatic rings. The highest BCUT2D eigenvalue weighted by atomic mass is 35.5. The maximum absolute atomic E-state index is 12.5. The number of amides is 1. The third-order valence-corrected chi connectivity index (χ3v) is 3.59. The second kappa shape index (κ2) is 8.66. The lowest BCUT2D eigenvalue weighted by Gasteiger charge is -2.30. The summed E-state index contributed by atoms with van der Waals surface area (Å²) in [6, 6.07) is 5.44. The van der Waals surface area contributed by atoms with Crippen LogP contribution in [0.1, 0.15) is 23.2 Å². The van der Waals surface area contributed by atoms with E-state index in [1.165, 1.54) is 0 Å². The zero-order valence-electron chi connectivity index (χ0n) is 12.8. The third-order valence-electron chi connectivity index (χ3n) is 3.59. The summed E-state index contributed by atoms with van der Waals surface area (Å²) in [5, 5.41) is 0. The molecule has 2 N–H and O–H groups in total. The van der Waals surface area contributed by atoms with Crippen LogP contribution in [-0.2, 0) is 0 Å². The molecular weight excluding hydrogens is 304 g/mol. The van der Waals surface area contributed by atoms with Crippen LogP contribution >= 0.6 is 12.4 Å². The number of benzene rings is 1. The van der Waals surface area contributed by atoms with Gasteiger partial charge in [-0.1, -0.05) is 12.7 Å². The molecule has 2 rings (SSSR count). The number of carbonyl (C=O) groups excluding carboxylic acids is 1. The highest BCUT2D eigenvalue weighted by Gasteiger charge is 2.22. The van der Waals surface area contributed by atoms with Crippen molar-refractivity contribution < 1.29 is 14.3 Å². The summed E-state index contributed by atoms with van der Waals surface area (Å²) in [6.45, 7) is 5.41. The van der Waals surface area contributed by atoms with Gasteiger partial charge in [0.2, 0.25) is 0 Å². The Labute approximate surface area is 137 Å². The molecule has 1 aliphatic heterocycles. The van der Waals surface area contributed by atoms with E-state index in [4.69, 9.17) is 15.2 Å². The van der Waals surface area contributed by atoms with Crippen molar-refractivity contribution in [2.24, 2.45) is 5.73 Å². The van der Waals surface area contributed by atoms with Crippen LogP contribution < -0.4 is 15.2 Å². The van der Waals surface area contributed by atoms with Gasteiger partial charge in [-0.05, 0) is 31.0 Å². The van der Waals surface area contributed by atoms with Crippen molar-refractivity contribution in [2.45, 2.75) is 18.9 Å². The first kappa shape index (κ1) is 18.3. The van der Waals surface area contributed by atoms with Crippen LogP contribution in [0, 0.1) is 0 Å². The van der Waals surface area contributed by atoms with Crippen molar-refractivity contribution in [2.75, 3.05) is 26.8 Å². The first-order valence-corrected chi connectivity index (χ1v) is 7.12. The van der Waals surface area contributed by atoms with E-state index in [1.54, 1.807) is 31.4 Å². The second-order valence-electron chi connectivity index (χ2n) is 5.09. The molecule has 0 bridgehead atoms. The number of rotatable bonds is 5. The van der Waals surface area contributed by atoms with Gasteiger partial charge < -0.3 is 20.1 Å². The largest absolute Gasteiger partial charge is 0.493 e. The lowest BCUT2D eigenvalue weighted by atomic mass is 10.0. The molecule has 0 saturated carbocycles. The number of likely N-dealkylation sites (tertiary alicyclic amines) is 1. The van der Waals surface area contributed by atoms with Gasteiger partial charge >= 0.3 is 0 Å². The standard InChI is InChI=1S/C16H22N2O3.ClH/c1-3-10-21-14-5-4-12(11-15(14)20-2)16(19)18-8-6-13(17)7-9-18;/h3-5,11,13H,1,6-10,17H2,2H3;1H. The van der Waals surface area contributed by atoms with Crippen molar-refractivity contribution >= 4 is 18.3 Å². The Hall–Kier alpha value is -1.72. The number of hydrogen-bond donors (Lipinski definition) is 1. The second-order valence-corrected chi connectivity index (χ2v) is 5.09. The van der Waals surface area contributed by atoms with Gasteiger partial charge in [-0.3, -0.25) is 4.79 Å². The Balaban J connectivity index is 0.00000242. The van der Waals surface area contributed by atoms with Gasteiger partial charge in [-0.25, -0.2) is 0 Å². The molecule has 0 atom stereocenters. The minimum Gasteiger partial charge on any atom is -0.493 e. The summed E-state index contributed by atoms with van der Waals surface area (Å²) >= 11 is 0. The van der Waals surface area contributed by atoms with E-state index in [-0.39, 0.29) is 24.4 Å². The summed E-state index contributed by atoms with van der Waals surface area (Å²) in [6.07, 6.45) is 3.36. The quantitative estimate of drug-likeness (QED) is 0.843. The molecule has 1 saturated heterocycles. The Morgan fingerprint density at radius 2 is 2.09 bits per heavy atom. The molecule has 0 aliphatic carbocycles. The molecule has 1 fully saturated rings. The van der Waals surface area contributed by atoms with Gasteiger partial charge in [0.15, 0.2) is 11.5 Å². The van der Waals surface area contributed by atoms with E-state index in [0.717, 1.165) is 12.8 Å². The number of methoxy groups -OCH3 is 1. The van der Waals surface area contributed by atoms with Crippen LogP contribution in [0.15, 0.2) is 30.9 Å². The highest BCUT2D eigenvalue weighted by Crippen LogP contribution is 2.29. The van der Waals surface area contributed by atoms with E-state index in [9.17, 15) is 4.79 Å². The van der Waals surface area contributed by atoms with E-state index < -0.39 is 0 Å². The van der Waals surface area contributed by atoms with E-state index >= 15 is 0 Å². The van der Waals surface area contributed by atoms with Crippen molar-refractivity contribution in [1.29, 1.82) is 0 Å². The fraction of sp³-hybridized carbons (Fsp3) is 0.438. The normalized spacial score (nSPS) is 14.9. The predicted molar refractivity (Wildman–Crippen MR) is 89.0 cm³/mol. The van der Waals surface area contributed by atoms with Crippen molar-refractivity contribution in [1.82, 2.24) is 4.90 Å². The average Bonchev–Trinajstić information content (AvgIpc) is 2.52. The lowest BCUT2D eigenvalue weighted by Crippen LogP contribution is -2.42. The lowest BCUT2D eigenvalue weighted by molar-refractivity contribution is 0.0714. The molecule has 1 heterocycles. The number of nitrogens with two attached hydrogens (primary N) is 1. The van der Waals surface area contributed by atoms with Gasteiger partial charge in [-0.15, -0.1) is 12.4 Å². The first-order valence-electron chi connectivity index (χ1n) is 7.12. The maximum Gasteiger partial charge on any atom is 0.253 e. The molecule has 5 nitrogen and oxygen atoms in total. The third kappa shape index (κ3) is 4.39. The number of carbonyl (C=O) groups is 1. The van der Waals surface area contributed by atoms with Crippen LogP contribution in [0.25, 0.3) is 0 Å². The number of halogens is 1. The zero-order chi connectivity index (χ0) is 15.2. The van der Waals surface area contributed by atoms with Crippen molar-refractivity contribution in [3.05, 3.63) is 36.4 Å². The van der Waals surface area contributed by atoms with Gasteiger partial charge in [0.05, 0.1) is 7.11 Å². The van der Waals surface area contributed by atoms with Crippen LogP contribution in [-0.4, -0.2) is 43.7 Å². The van der Waals surface area contributed by atoms with Gasteiger partial charge in [0, 0.05) is 24.7 Å². The smallest absolute Gasteiger partial charge is 0.253 e. The summed E-state index contributed by atoms with van der Waals surface area (Å²) in [4.78, 5) is 14.3. The zero-order valence-corrected chi connectivity index (χ0v) is 13.6.